The zero-order chi connectivity index (χ0) is 18.3. The molecule has 3 N–H and O–H groups in total. The van der Waals surface area contributed by atoms with E-state index in [4.69, 9.17) is 10.2 Å². The second-order valence-electron chi connectivity index (χ2n) is 4.94. The van der Waals surface area contributed by atoms with Gasteiger partial charge in [0.05, 0.1) is 10.7 Å². The Morgan fingerprint density at radius 3 is 2.50 bits per heavy atom. The van der Waals surface area contributed by atoms with Crippen molar-refractivity contribution in [2.45, 2.75) is 11.6 Å². The highest BCUT2D eigenvalue weighted by atomic mass is 33.1. The summed E-state index contributed by atoms with van der Waals surface area (Å²) in [6.45, 7) is 0. The summed E-state index contributed by atoms with van der Waals surface area (Å²) in [7, 11) is 2.47. The summed E-state index contributed by atoms with van der Waals surface area (Å²) >= 11 is 0. The van der Waals surface area contributed by atoms with Crippen LogP contribution in [0, 0.1) is 0 Å². The van der Waals surface area contributed by atoms with E-state index in [0.29, 0.717) is 22.3 Å². The minimum Gasteiger partial charge on any atom is -0.476 e. The maximum Gasteiger partial charge on any atom is 0.356 e. The lowest BCUT2D eigenvalue weighted by atomic mass is 10.2. The van der Waals surface area contributed by atoms with Crippen LogP contribution in [0.25, 0.3) is 11.2 Å². The smallest absolute Gasteiger partial charge is 0.356 e. The number of aromatic amines is 1. The van der Waals surface area contributed by atoms with Gasteiger partial charge in [-0.1, -0.05) is 0 Å². The minimum atomic E-state index is -1.18. The third-order valence-corrected chi connectivity index (χ3v) is 5.51. The van der Waals surface area contributed by atoms with E-state index in [1.165, 1.54) is 27.9 Å². The Morgan fingerprint density at radius 1 is 1.00 bits per heavy atom. The molecule has 4 rings (SSSR count). The van der Waals surface area contributed by atoms with Crippen LogP contribution in [0.3, 0.4) is 0 Å². The van der Waals surface area contributed by atoms with Crippen LogP contribution < -0.4 is 0 Å². The van der Waals surface area contributed by atoms with Crippen LogP contribution in [0.1, 0.15) is 26.7 Å². The monoisotopic (exact) mass is 389 g/mol. The molecule has 0 fully saturated rings. The first-order chi connectivity index (χ1) is 12.5. The molecule has 11 nitrogen and oxygen atoms in total. The first kappa shape index (κ1) is 16.4. The summed E-state index contributed by atoms with van der Waals surface area (Å²) in [5, 5.41) is 19.3. The lowest BCUT2D eigenvalue weighted by Crippen LogP contribution is -2.02. The van der Waals surface area contributed by atoms with Gasteiger partial charge in [-0.15, -0.1) is 0 Å². The lowest BCUT2D eigenvalue weighted by Gasteiger charge is -1.97. The highest BCUT2D eigenvalue weighted by Crippen LogP contribution is 2.38. The van der Waals surface area contributed by atoms with Gasteiger partial charge >= 0.3 is 11.9 Å². The average molecular weight is 389 g/mol. The second-order valence-corrected chi connectivity index (χ2v) is 7.13. The maximum atomic E-state index is 11.2. The minimum absolute atomic E-state index is 0.138. The van der Waals surface area contributed by atoms with E-state index in [2.05, 4.69) is 34.9 Å². The second kappa shape index (κ2) is 6.34. The number of carboxylic acid groups (broad SMARTS) is 2. The third kappa shape index (κ3) is 2.86. The number of carboxylic acids is 2. The van der Waals surface area contributed by atoms with Gasteiger partial charge < -0.3 is 15.2 Å². The van der Waals surface area contributed by atoms with Crippen molar-refractivity contribution < 1.29 is 19.8 Å². The number of hydrogen-bond acceptors (Lipinski definition) is 10. The molecule has 0 bridgehead atoms. The molecule has 0 aromatic carbocycles. The molecule has 0 saturated heterocycles. The maximum absolute atomic E-state index is 11.2. The molecule has 0 saturated carbocycles. The molecule has 0 radical (unpaired) electrons. The van der Waals surface area contributed by atoms with Crippen molar-refractivity contribution >= 4 is 55.4 Å². The fraction of sp³-hybridized carbons (Fsp3) is 0.0769. The van der Waals surface area contributed by atoms with E-state index < -0.39 is 11.9 Å². The van der Waals surface area contributed by atoms with Gasteiger partial charge in [-0.2, -0.15) is 0 Å². The molecule has 26 heavy (non-hydrogen) atoms. The summed E-state index contributed by atoms with van der Waals surface area (Å²) in [5.41, 5.74) is 0.984. The fourth-order valence-corrected chi connectivity index (χ4v) is 4.09. The van der Waals surface area contributed by atoms with E-state index in [9.17, 15) is 9.59 Å². The predicted molar refractivity (Wildman–Crippen MR) is 91.9 cm³/mol. The molecule has 0 aliphatic carbocycles. The Morgan fingerprint density at radius 2 is 1.73 bits per heavy atom. The van der Waals surface area contributed by atoms with Crippen LogP contribution in [0.5, 0.6) is 0 Å². The number of imidazole rings is 1. The summed E-state index contributed by atoms with van der Waals surface area (Å²) in [5.74, 6) is -2.34. The molecule has 0 spiro atoms. The molecular formula is C13H7N7O4S2. The van der Waals surface area contributed by atoms with Crippen molar-refractivity contribution in [3.05, 3.63) is 29.7 Å². The molecular weight excluding hydrogens is 382 g/mol. The van der Waals surface area contributed by atoms with Crippen LogP contribution in [0.2, 0.25) is 0 Å². The fourth-order valence-electron chi connectivity index (χ4n) is 2.27. The summed E-state index contributed by atoms with van der Waals surface area (Å²) in [6.07, 6.45) is 2.72. The summed E-state index contributed by atoms with van der Waals surface area (Å²) < 4.78 is 0. The molecule has 3 aromatic rings. The molecule has 4 heterocycles. The van der Waals surface area contributed by atoms with Crippen molar-refractivity contribution in [2.75, 3.05) is 0 Å². The quantitative estimate of drug-likeness (QED) is 0.554. The number of aliphatic imine (C=N–C) groups is 1. The number of carbonyl (C=O) groups is 2. The molecule has 3 aromatic heterocycles. The van der Waals surface area contributed by atoms with Crippen molar-refractivity contribution in [2.24, 2.45) is 4.99 Å². The number of aromatic carboxylic acids is 2. The number of rotatable bonds is 4. The normalized spacial score (nSPS) is 12.8. The van der Waals surface area contributed by atoms with Gasteiger partial charge in [0.15, 0.2) is 22.2 Å². The van der Waals surface area contributed by atoms with Crippen LogP contribution in [0.15, 0.2) is 22.8 Å². The summed E-state index contributed by atoms with van der Waals surface area (Å²) in [6, 6.07) is 0. The van der Waals surface area contributed by atoms with Gasteiger partial charge in [0.25, 0.3) is 0 Å². The molecule has 1 aliphatic heterocycles. The highest BCUT2D eigenvalue weighted by molar-refractivity contribution is 8.82. The van der Waals surface area contributed by atoms with Crippen molar-refractivity contribution in [1.82, 2.24) is 29.9 Å². The van der Waals surface area contributed by atoms with Gasteiger partial charge in [0, 0.05) is 6.42 Å². The van der Waals surface area contributed by atoms with E-state index in [1.54, 1.807) is 0 Å². The molecule has 0 amide bonds. The molecule has 1 aliphatic rings. The van der Waals surface area contributed by atoms with Crippen molar-refractivity contribution in [3.8, 4) is 0 Å². The van der Waals surface area contributed by atoms with Gasteiger partial charge in [-0.25, -0.2) is 39.5 Å². The number of hydrogen-bond donors (Lipinski definition) is 3. The summed E-state index contributed by atoms with van der Waals surface area (Å²) in [4.78, 5) is 49.2. The Labute approximate surface area is 151 Å². The van der Waals surface area contributed by atoms with E-state index in [1.807, 2.05) is 0 Å². The lowest BCUT2D eigenvalue weighted by molar-refractivity contribution is 0.0681. The first-order valence-corrected chi connectivity index (χ1v) is 9.11. The Hall–Kier alpha value is -3.06. The zero-order valence-corrected chi connectivity index (χ0v) is 14.2. The Bertz CT molecular complexity index is 1100. The average Bonchev–Trinajstić information content (AvgIpc) is 3.21. The zero-order valence-electron chi connectivity index (χ0n) is 12.6. The van der Waals surface area contributed by atoms with Crippen LogP contribution >= 0.6 is 21.6 Å². The Balaban J connectivity index is 1.55. The van der Waals surface area contributed by atoms with Crippen molar-refractivity contribution in [1.29, 1.82) is 0 Å². The van der Waals surface area contributed by atoms with E-state index >= 15 is 0 Å². The number of H-pyrrole nitrogens is 1. The van der Waals surface area contributed by atoms with Crippen LogP contribution in [-0.2, 0) is 6.42 Å². The molecule has 13 heteroatoms. The van der Waals surface area contributed by atoms with Gasteiger partial charge in [-0.05, 0) is 21.6 Å². The Kier molecular flexibility index (Phi) is 4.00. The molecule has 0 unspecified atom stereocenters. The van der Waals surface area contributed by atoms with Crippen LogP contribution in [-0.4, -0.2) is 57.1 Å². The largest absolute Gasteiger partial charge is 0.476 e. The number of aromatic nitrogens is 6. The topological polar surface area (TPSA) is 167 Å². The van der Waals surface area contributed by atoms with Gasteiger partial charge in [0.2, 0.25) is 0 Å². The highest BCUT2D eigenvalue weighted by Gasteiger charge is 2.24. The predicted octanol–water partition coefficient (Wildman–Crippen LogP) is 1.57. The molecule has 130 valence electrons. The molecule has 0 atom stereocenters. The number of fused-ring (bicyclic) bond motifs is 2. The number of nitrogens with zero attached hydrogens (tertiary/aromatic N) is 6. The van der Waals surface area contributed by atoms with Gasteiger partial charge in [-0.3, -0.25) is 0 Å². The first-order valence-electron chi connectivity index (χ1n) is 6.96. The van der Waals surface area contributed by atoms with Gasteiger partial charge in [0.1, 0.15) is 23.9 Å². The number of nitrogens with one attached hydrogen (secondary N) is 1. The standard InChI is InChI=1S/C13H7N7O4S2/c21-11(22)8-6-4(14-2-15-8)1-5(18-6)25-26-13-19-7-9(12(23)24)16-3-17-10(7)20-13/h2-3H,1H2,(H,21,22)(H,23,24)(H,16,17,19,20). The van der Waals surface area contributed by atoms with E-state index in [-0.39, 0.29) is 28.2 Å². The SMILES string of the molecule is O=C(O)c1ncnc2c1N=C(SSc1nc3ncnc(C(=O)O)c3[nH]1)C2. The van der Waals surface area contributed by atoms with E-state index in [0.717, 1.165) is 6.33 Å². The van der Waals surface area contributed by atoms with Crippen LogP contribution in [0.4, 0.5) is 5.69 Å². The van der Waals surface area contributed by atoms with Crippen molar-refractivity contribution in [3.63, 3.8) is 0 Å². The third-order valence-electron chi connectivity index (χ3n) is 3.34.